The van der Waals surface area contributed by atoms with Gasteiger partial charge < -0.3 is 0 Å². The number of halogens is 1. The van der Waals surface area contributed by atoms with Crippen LogP contribution in [0.2, 0.25) is 0 Å². The van der Waals surface area contributed by atoms with Crippen LogP contribution in [0.5, 0.6) is 0 Å². The Morgan fingerprint density at radius 2 is 1.39 bits per heavy atom. The Hall–Kier alpha value is -2.38. The van der Waals surface area contributed by atoms with E-state index in [2.05, 4.69) is 94.8 Å². The smallest absolute Gasteiger partial charge is 0.0278 e. The van der Waals surface area contributed by atoms with Crippen molar-refractivity contribution in [3.05, 3.63) is 94.5 Å². The first-order chi connectivity index (χ1) is 16.2. The summed E-state index contributed by atoms with van der Waals surface area (Å²) in [5, 5.41) is 2.91. The molecule has 4 saturated carbocycles. The van der Waals surface area contributed by atoms with E-state index in [0.717, 1.165) is 28.1 Å². The van der Waals surface area contributed by atoms with Crippen LogP contribution in [0.15, 0.2) is 83.3 Å². The lowest BCUT2D eigenvalue weighted by atomic mass is 9.43. The molecule has 4 bridgehead atoms. The molecule has 0 aromatic heterocycles. The molecule has 1 spiro atoms. The molecule has 4 aromatic carbocycles. The first-order valence-corrected chi connectivity index (χ1v) is 13.4. The highest BCUT2D eigenvalue weighted by Gasteiger charge is 2.61. The Morgan fingerprint density at radius 3 is 2.18 bits per heavy atom. The summed E-state index contributed by atoms with van der Waals surface area (Å²) in [5.74, 6) is 3.55. The molecule has 0 amide bonds. The van der Waals surface area contributed by atoms with Crippen LogP contribution >= 0.6 is 15.9 Å². The molecule has 4 aromatic rings. The van der Waals surface area contributed by atoms with Crippen LogP contribution in [-0.4, -0.2) is 0 Å². The van der Waals surface area contributed by atoms with E-state index >= 15 is 0 Å². The first kappa shape index (κ1) is 19.0. The van der Waals surface area contributed by atoms with Crippen LogP contribution in [-0.2, 0) is 5.41 Å². The monoisotopic (exact) mass is 490 g/mol. The van der Waals surface area contributed by atoms with Gasteiger partial charge in [0.1, 0.15) is 0 Å². The third-order valence-electron chi connectivity index (χ3n) is 9.68. The standard InChI is InChI=1S/C32H27Br/c33-26-6-3-5-22(17-26)23-9-11-30-29(18-23)28-10-8-21-4-1-2-7-27(21)31(28)32(30)24-13-19-12-20(15-24)16-25(32)14-19/h1-11,17-20,24-25H,12-16H2. The van der Waals surface area contributed by atoms with E-state index in [1.54, 1.807) is 11.1 Å². The van der Waals surface area contributed by atoms with Crippen LogP contribution in [0.3, 0.4) is 0 Å². The van der Waals surface area contributed by atoms with Crippen molar-refractivity contribution in [1.82, 2.24) is 0 Å². The lowest BCUT2D eigenvalue weighted by Gasteiger charge is -2.61. The molecule has 0 N–H and O–H groups in total. The molecule has 5 aliphatic carbocycles. The fraction of sp³-hybridized carbons (Fsp3) is 0.312. The summed E-state index contributed by atoms with van der Waals surface area (Å²) in [5.41, 5.74) is 9.16. The molecule has 9 rings (SSSR count). The fourth-order valence-corrected chi connectivity index (χ4v) is 9.23. The molecule has 0 atom stereocenters. The average Bonchev–Trinajstić information content (AvgIpc) is 3.13. The highest BCUT2D eigenvalue weighted by Crippen LogP contribution is 2.70. The van der Waals surface area contributed by atoms with Crippen LogP contribution in [0.25, 0.3) is 33.0 Å². The third kappa shape index (κ3) is 2.42. The van der Waals surface area contributed by atoms with Crippen molar-refractivity contribution in [3.8, 4) is 22.3 Å². The molecule has 0 heterocycles. The molecule has 162 valence electrons. The summed E-state index contributed by atoms with van der Waals surface area (Å²) in [6.45, 7) is 0. The largest absolute Gasteiger partial charge is 0.0616 e. The highest BCUT2D eigenvalue weighted by atomic mass is 79.9. The lowest BCUT2D eigenvalue weighted by Crippen LogP contribution is -2.55. The van der Waals surface area contributed by atoms with Gasteiger partial charge in [-0.05, 0) is 118 Å². The van der Waals surface area contributed by atoms with Gasteiger partial charge in [0, 0.05) is 9.89 Å². The van der Waals surface area contributed by atoms with Gasteiger partial charge in [0.15, 0.2) is 0 Å². The molecule has 4 fully saturated rings. The second kappa shape index (κ2) is 6.60. The molecule has 5 aliphatic rings. The number of hydrogen-bond donors (Lipinski definition) is 0. The summed E-state index contributed by atoms with van der Waals surface area (Å²) in [6.07, 6.45) is 7.23. The average molecular weight is 491 g/mol. The Bertz CT molecular complexity index is 1420. The third-order valence-corrected chi connectivity index (χ3v) is 10.2. The van der Waals surface area contributed by atoms with E-state index in [4.69, 9.17) is 0 Å². The number of rotatable bonds is 1. The Kier molecular flexibility index (Phi) is 3.80. The molecule has 0 aliphatic heterocycles. The zero-order valence-electron chi connectivity index (χ0n) is 18.7. The highest BCUT2D eigenvalue weighted by molar-refractivity contribution is 9.10. The van der Waals surface area contributed by atoms with E-state index in [1.165, 1.54) is 65.1 Å². The van der Waals surface area contributed by atoms with Crippen molar-refractivity contribution in [2.45, 2.75) is 37.5 Å². The summed E-state index contributed by atoms with van der Waals surface area (Å²) in [6, 6.07) is 30.2. The van der Waals surface area contributed by atoms with E-state index in [1.807, 2.05) is 0 Å². The Balaban J connectivity index is 1.44. The molecule has 33 heavy (non-hydrogen) atoms. The zero-order chi connectivity index (χ0) is 21.7. The molecular formula is C32H27Br. The zero-order valence-corrected chi connectivity index (χ0v) is 20.3. The van der Waals surface area contributed by atoms with Gasteiger partial charge in [-0.1, -0.05) is 76.6 Å². The quantitative estimate of drug-likeness (QED) is 0.249. The van der Waals surface area contributed by atoms with Crippen LogP contribution < -0.4 is 0 Å². The van der Waals surface area contributed by atoms with Gasteiger partial charge in [-0.25, -0.2) is 0 Å². The Labute approximate surface area is 204 Å². The van der Waals surface area contributed by atoms with Gasteiger partial charge >= 0.3 is 0 Å². The molecule has 0 unspecified atom stereocenters. The van der Waals surface area contributed by atoms with Crippen molar-refractivity contribution in [2.24, 2.45) is 23.7 Å². The second-order valence-corrected chi connectivity index (χ2v) is 12.1. The van der Waals surface area contributed by atoms with Gasteiger partial charge in [0.2, 0.25) is 0 Å². The summed E-state index contributed by atoms with van der Waals surface area (Å²) in [7, 11) is 0. The maximum absolute atomic E-state index is 3.67. The second-order valence-electron chi connectivity index (χ2n) is 11.2. The maximum atomic E-state index is 3.67. The predicted molar refractivity (Wildman–Crippen MR) is 140 cm³/mol. The van der Waals surface area contributed by atoms with Gasteiger partial charge in [0.05, 0.1) is 0 Å². The molecule has 0 radical (unpaired) electrons. The van der Waals surface area contributed by atoms with Crippen molar-refractivity contribution in [3.63, 3.8) is 0 Å². The SMILES string of the molecule is Brc1cccc(-c2ccc3c(c2)-c2ccc4ccccc4c2C32C3CC4CC(C3)CC2C4)c1. The van der Waals surface area contributed by atoms with Crippen molar-refractivity contribution < 1.29 is 0 Å². The molecular weight excluding hydrogens is 464 g/mol. The van der Waals surface area contributed by atoms with E-state index in [-0.39, 0.29) is 5.41 Å². The first-order valence-electron chi connectivity index (χ1n) is 12.6. The maximum Gasteiger partial charge on any atom is 0.0278 e. The number of hydrogen-bond acceptors (Lipinski definition) is 0. The van der Waals surface area contributed by atoms with Gasteiger partial charge in [-0.3, -0.25) is 0 Å². The van der Waals surface area contributed by atoms with Crippen molar-refractivity contribution >= 4 is 26.7 Å². The summed E-state index contributed by atoms with van der Waals surface area (Å²) >= 11 is 3.67. The van der Waals surface area contributed by atoms with E-state index in [0.29, 0.717) is 0 Å². The number of fused-ring (bicyclic) bond motifs is 5. The van der Waals surface area contributed by atoms with Crippen molar-refractivity contribution in [1.29, 1.82) is 0 Å². The van der Waals surface area contributed by atoms with Gasteiger partial charge in [-0.2, -0.15) is 0 Å². The minimum absolute atomic E-state index is 0.217. The number of benzene rings is 4. The topological polar surface area (TPSA) is 0 Å². The van der Waals surface area contributed by atoms with E-state index in [9.17, 15) is 0 Å². The van der Waals surface area contributed by atoms with Gasteiger partial charge in [-0.15, -0.1) is 0 Å². The van der Waals surface area contributed by atoms with Crippen LogP contribution in [0, 0.1) is 23.7 Å². The lowest BCUT2D eigenvalue weighted by molar-refractivity contribution is -0.0393. The Morgan fingerprint density at radius 1 is 0.636 bits per heavy atom. The van der Waals surface area contributed by atoms with Crippen LogP contribution in [0.4, 0.5) is 0 Å². The van der Waals surface area contributed by atoms with Gasteiger partial charge in [0.25, 0.3) is 0 Å². The molecule has 0 saturated heterocycles. The minimum Gasteiger partial charge on any atom is -0.0616 e. The fourth-order valence-electron chi connectivity index (χ4n) is 8.83. The summed E-state index contributed by atoms with van der Waals surface area (Å²) in [4.78, 5) is 0. The van der Waals surface area contributed by atoms with Crippen molar-refractivity contribution in [2.75, 3.05) is 0 Å². The van der Waals surface area contributed by atoms with Crippen LogP contribution in [0.1, 0.15) is 43.2 Å². The molecule has 1 heteroatoms. The minimum atomic E-state index is 0.217. The molecule has 0 nitrogen and oxygen atoms in total. The normalized spacial score (nSPS) is 30.7. The summed E-state index contributed by atoms with van der Waals surface area (Å²) < 4.78 is 1.14. The predicted octanol–water partition coefficient (Wildman–Crippen LogP) is 8.99. The van der Waals surface area contributed by atoms with E-state index < -0.39 is 0 Å².